The molecule has 0 unspecified atom stereocenters. The minimum Gasteiger partial charge on any atom is -0.398 e. The molecule has 0 radical (unpaired) electrons. The number of nitriles is 1. The van der Waals surface area contributed by atoms with Gasteiger partial charge in [0.25, 0.3) is 0 Å². The van der Waals surface area contributed by atoms with Crippen LogP contribution in [-0.4, -0.2) is 11.6 Å². The first-order valence-corrected chi connectivity index (χ1v) is 5.99. The second kappa shape index (κ2) is 5.37. The van der Waals surface area contributed by atoms with Gasteiger partial charge >= 0.3 is 0 Å². The van der Waals surface area contributed by atoms with Crippen molar-refractivity contribution in [3.8, 4) is 6.07 Å². The first-order valence-electron chi connectivity index (χ1n) is 5.99. The molecule has 4 nitrogen and oxygen atoms in total. The number of hydrogen-bond donors (Lipinski definition) is 1. The molecule has 0 spiro atoms. The number of hydrogen-bond acceptors (Lipinski definition) is 4. The molecule has 2 aromatic rings. The van der Waals surface area contributed by atoms with Gasteiger partial charge in [-0.15, -0.1) is 0 Å². The Balaban J connectivity index is 0.000000452. The zero-order valence-electron chi connectivity index (χ0n) is 10.9. The monoisotopic (exact) mass is 264 g/mol. The first-order chi connectivity index (χ1) is 9.61. The van der Waals surface area contributed by atoms with E-state index >= 15 is 0 Å². The predicted molar refractivity (Wildman–Crippen MR) is 75.4 cm³/mol. The first kappa shape index (κ1) is 13.5. The summed E-state index contributed by atoms with van der Waals surface area (Å²) in [6, 6.07) is 13.5. The Morgan fingerprint density at radius 2 is 1.40 bits per heavy atom. The Kier molecular flexibility index (Phi) is 3.62. The number of nitrogen functional groups attached to an aromatic ring is 1. The average Bonchev–Trinajstić information content (AvgIpc) is 2.45. The number of anilines is 1. The minimum absolute atomic E-state index is 0.137. The van der Waals surface area contributed by atoms with Gasteiger partial charge < -0.3 is 5.73 Å². The second-order valence-electron chi connectivity index (χ2n) is 4.20. The summed E-state index contributed by atoms with van der Waals surface area (Å²) in [5.74, 6) is -0.309. The number of benzene rings is 2. The molecule has 0 heterocycles. The lowest BCUT2D eigenvalue weighted by atomic mass is 9.83. The van der Waals surface area contributed by atoms with Crippen LogP contribution < -0.4 is 5.73 Å². The Morgan fingerprint density at radius 1 is 0.900 bits per heavy atom. The van der Waals surface area contributed by atoms with Crippen LogP contribution in [-0.2, 0) is 0 Å². The van der Waals surface area contributed by atoms with Crippen molar-refractivity contribution in [3.05, 3.63) is 64.7 Å². The third-order valence-electron chi connectivity index (χ3n) is 2.98. The van der Waals surface area contributed by atoms with Gasteiger partial charge in [-0.25, -0.2) is 0 Å². The molecule has 3 rings (SSSR count). The van der Waals surface area contributed by atoms with Gasteiger partial charge in [0.2, 0.25) is 0 Å². The van der Waals surface area contributed by atoms with E-state index in [9.17, 15) is 9.59 Å². The van der Waals surface area contributed by atoms with Crippen molar-refractivity contribution in [2.24, 2.45) is 0 Å². The third kappa shape index (κ3) is 2.06. The molecule has 1 aliphatic rings. The van der Waals surface area contributed by atoms with E-state index in [1.807, 2.05) is 0 Å². The number of rotatable bonds is 0. The van der Waals surface area contributed by atoms with E-state index in [2.05, 4.69) is 0 Å². The molecule has 98 valence electrons. The van der Waals surface area contributed by atoms with Gasteiger partial charge in [-0.2, -0.15) is 5.26 Å². The fraction of sp³-hybridized carbons (Fsp3) is 0.0625. The molecule has 4 heteroatoms. The van der Waals surface area contributed by atoms with Crippen molar-refractivity contribution in [3.63, 3.8) is 0 Å². The minimum atomic E-state index is -0.173. The summed E-state index contributed by atoms with van der Waals surface area (Å²) in [7, 11) is 0. The molecule has 20 heavy (non-hydrogen) atoms. The normalized spacial score (nSPS) is 11.6. The molecule has 0 amide bonds. The van der Waals surface area contributed by atoms with E-state index in [0.717, 1.165) is 0 Å². The topological polar surface area (TPSA) is 83.9 Å². The molecule has 0 saturated carbocycles. The number of nitrogens with two attached hydrogens (primary N) is 1. The van der Waals surface area contributed by atoms with Crippen LogP contribution >= 0.6 is 0 Å². The van der Waals surface area contributed by atoms with Crippen molar-refractivity contribution in [1.29, 1.82) is 5.26 Å². The molecule has 0 saturated heterocycles. The van der Waals surface area contributed by atoms with Crippen molar-refractivity contribution in [2.75, 3.05) is 5.73 Å². The summed E-state index contributed by atoms with van der Waals surface area (Å²) in [5, 5.41) is 7.32. The molecular formula is C16H12N2O2. The van der Waals surface area contributed by atoms with E-state index in [0.29, 0.717) is 27.9 Å². The quantitative estimate of drug-likeness (QED) is 0.632. The molecule has 2 N–H and O–H groups in total. The number of nitrogens with zero attached hydrogens (tertiary/aromatic N) is 1. The highest BCUT2D eigenvalue weighted by Crippen LogP contribution is 2.30. The molecule has 2 aromatic carbocycles. The number of fused-ring (bicyclic) bond motifs is 2. The van der Waals surface area contributed by atoms with E-state index < -0.39 is 0 Å². The second-order valence-corrected chi connectivity index (χ2v) is 4.20. The Morgan fingerprint density at radius 3 is 2.00 bits per heavy atom. The summed E-state index contributed by atoms with van der Waals surface area (Å²) >= 11 is 0. The number of ketones is 2. The lowest BCUT2D eigenvalue weighted by molar-refractivity contribution is 0.0979. The fourth-order valence-corrected chi connectivity index (χ4v) is 2.17. The Hall–Kier alpha value is -2.93. The Bertz CT molecular complexity index is 742. The smallest absolute Gasteiger partial charge is 0.196 e. The molecule has 0 aromatic heterocycles. The van der Waals surface area contributed by atoms with Crippen LogP contribution in [0.3, 0.4) is 0 Å². The average molecular weight is 264 g/mol. The van der Waals surface area contributed by atoms with E-state index in [-0.39, 0.29) is 11.6 Å². The lowest BCUT2D eigenvalue weighted by Crippen LogP contribution is -2.22. The zero-order chi connectivity index (χ0) is 14.7. The highest BCUT2D eigenvalue weighted by Gasteiger charge is 2.30. The van der Waals surface area contributed by atoms with E-state index in [1.165, 1.54) is 6.92 Å². The van der Waals surface area contributed by atoms with E-state index in [1.54, 1.807) is 48.5 Å². The summed E-state index contributed by atoms with van der Waals surface area (Å²) in [6.45, 7) is 1.43. The highest BCUT2D eigenvalue weighted by molar-refractivity contribution is 6.29. The predicted octanol–water partition coefficient (Wildman–Crippen LogP) is 2.57. The van der Waals surface area contributed by atoms with E-state index in [4.69, 9.17) is 11.0 Å². The highest BCUT2D eigenvalue weighted by atomic mass is 16.1. The summed E-state index contributed by atoms with van der Waals surface area (Å²) in [5.41, 5.74) is 7.75. The van der Waals surface area contributed by atoms with Gasteiger partial charge in [-0.3, -0.25) is 9.59 Å². The summed E-state index contributed by atoms with van der Waals surface area (Å²) in [6.07, 6.45) is 0. The van der Waals surface area contributed by atoms with Gasteiger partial charge in [-0.1, -0.05) is 36.4 Å². The Labute approximate surface area is 116 Å². The van der Waals surface area contributed by atoms with Crippen LogP contribution in [0.5, 0.6) is 0 Å². The molecule has 0 bridgehead atoms. The van der Waals surface area contributed by atoms with Gasteiger partial charge in [0, 0.05) is 29.3 Å². The number of carbonyl (C=O) groups excluding carboxylic acids is 2. The maximum absolute atomic E-state index is 12.2. The maximum Gasteiger partial charge on any atom is 0.196 e. The molecular weight excluding hydrogens is 252 g/mol. The van der Waals surface area contributed by atoms with Crippen LogP contribution in [0, 0.1) is 11.3 Å². The summed E-state index contributed by atoms with van der Waals surface area (Å²) in [4.78, 5) is 24.4. The van der Waals surface area contributed by atoms with Crippen molar-refractivity contribution >= 4 is 17.3 Å². The summed E-state index contributed by atoms with van der Waals surface area (Å²) < 4.78 is 0. The van der Waals surface area contributed by atoms with Crippen LogP contribution in [0.25, 0.3) is 0 Å². The van der Waals surface area contributed by atoms with Crippen LogP contribution in [0.2, 0.25) is 0 Å². The van der Waals surface area contributed by atoms with Crippen LogP contribution in [0.15, 0.2) is 42.5 Å². The van der Waals surface area contributed by atoms with Gasteiger partial charge in [-0.05, 0) is 6.07 Å². The van der Waals surface area contributed by atoms with Crippen LogP contribution in [0.4, 0.5) is 5.69 Å². The number of carbonyl (C=O) groups is 2. The molecule has 0 aliphatic heterocycles. The molecule has 1 aliphatic carbocycles. The van der Waals surface area contributed by atoms with Crippen molar-refractivity contribution in [2.45, 2.75) is 6.92 Å². The molecule has 0 fully saturated rings. The largest absolute Gasteiger partial charge is 0.398 e. The third-order valence-corrected chi connectivity index (χ3v) is 2.98. The fourth-order valence-electron chi connectivity index (χ4n) is 2.17. The maximum atomic E-state index is 12.2. The zero-order valence-corrected chi connectivity index (χ0v) is 10.9. The standard InChI is InChI=1S/C14H9NO2.C2H3N/c15-11-7-3-6-10-12(11)14(17)9-5-2-1-4-8(9)13(10)16;1-2-3/h1-7H,15H2;1H3. The van der Waals surface area contributed by atoms with Gasteiger partial charge in [0.05, 0.1) is 11.6 Å². The van der Waals surface area contributed by atoms with Gasteiger partial charge in [0.1, 0.15) is 0 Å². The molecule has 0 atom stereocenters. The van der Waals surface area contributed by atoms with Gasteiger partial charge in [0.15, 0.2) is 11.6 Å². The van der Waals surface area contributed by atoms with Crippen LogP contribution in [0.1, 0.15) is 38.8 Å². The SMILES string of the molecule is CC#N.Nc1cccc2c1C(=O)c1ccccc1C2=O. The van der Waals surface area contributed by atoms with Crippen molar-refractivity contribution < 1.29 is 9.59 Å². The van der Waals surface area contributed by atoms with Crippen molar-refractivity contribution in [1.82, 2.24) is 0 Å². The lowest BCUT2D eigenvalue weighted by Gasteiger charge is -2.18.